The second kappa shape index (κ2) is 16.5. The number of ether oxygens (including phenoxy) is 2. The number of benzene rings is 4. The Labute approximate surface area is 307 Å². The summed E-state index contributed by atoms with van der Waals surface area (Å²) in [5.41, 5.74) is -0.633. The molecule has 15 heteroatoms. The molecule has 0 aromatic heterocycles. The highest BCUT2D eigenvalue weighted by molar-refractivity contribution is 6.02. The largest absolute Gasteiger partial charge is 0.486 e. The number of likely N-dealkylation sites (N-methyl/N-ethyl adjacent to an activating group) is 1. The lowest BCUT2D eigenvalue weighted by atomic mass is 9.98. The van der Waals surface area contributed by atoms with E-state index in [2.05, 4.69) is 5.32 Å². The first-order chi connectivity index (χ1) is 25.4. The van der Waals surface area contributed by atoms with Gasteiger partial charge in [-0.25, -0.2) is 4.39 Å². The monoisotopic (exact) mass is 761 g/mol. The third-order valence-corrected chi connectivity index (χ3v) is 8.95. The number of carbonyl (C=O) groups excluding carboxylic acids is 2. The van der Waals surface area contributed by atoms with E-state index in [1.165, 1.54) is 29.2 Å². The van der Waals surface area contributed by atoms with Crippen LogP contribution < -0.4 is 14.8 Å². The van der Waals surface area contributed by atoms with E-state index in [9.17, 15) is 45.4 Å². The van der Waals surface area contributed by atoms with Gasteiger partial charge in [0.25, 0.3) is 5.91 Å². The second-order valence-corrected chi connectivity index (χ2v) is 13.3. The molecule has 5 rings (SSSR count). The molecule has 1 aliphatic rings. The lowest BCUT2D eigenvalue weighted by Gasteiger charge is -2.38. The highest BCUT2D eigenvalue weighted by atomic mass is 19.4. The van der Waals surface area contributed by atoms with Crippen LogP contribution in [0.4, 0.5) is 36.4 Å². The molecule has 0 bridgehead atoms. The van der Waals surface area contributed by atoms with Gasteiger partial charge in [0, 0.05) is 25.6 Å². The van der Waals surface area contributed by atoms with E-state index in [0.717, 1.165) is 29.8 Å². The van der Waals surface area contributed by atoms with Crippen LogP contribution in [0.25, 0.3) is 0 Å². The SMILES string of the molecule is C[C@@H]1CN([C@@H](C)CO)C(=O)c2cccc(NC(=O)Cc3ccc(C(F)(F)F)cc3)c2O[C@@H]1CN(C)Cc1ccc(Oc2ccc(F)cc2C(F)(F)F)cc1. The van der Waals surface area contributed by atoms with Crippen LogP contribution in [-0.2, 0) is 30.1 Å². The Kier molecular flexibility index (Phi) is 12.2. The Bertz CT molecular complexity index is 1940. The van der Waals surface area contributed by atoms with Gasteiger partial charge in [-0.3, -0.25) is 14.5 Å². The average molecular weight is 762 g/mol. The molecule has 1 aliphatic heterocycles. The van der Waals surface area contributed by atoms with Gasteiger partial charge in [0.2, 0.25) is 5.91 Å². The summed E-state index contributed by atoms with van der Waals surface area (Å²) in [5.74, 6) is -2.63. The maximum atomic E-state index is 13.8. The Morgan fingerprint density at radius 1 is 0.981 bits per heavy atom. The van der Waals surface area contributed by atoms with Gasteiger partial charge in [0.1, 0.15) is 29.0 Å². The molecule has 8 nitrogen and oxygen atoms in total. The van der Waals surface area contributed by atoms with E-state index in [1.54, 1.807) is 37.3 Å². The number of carbonyl (C=O) groups is 2. The molecular formula is C39H38F7N3O5. The fourth-order valence-electron chi connectivity index (χ4n) is 6.04. The van der Waals surface area contributed by atoms with Crippen LogP contribution in [0.2, 0.25) is 0 Å². The number of fused-ring (bicyclic) bond motifs is 1. The maximum absolute atomic E-state index is 13.8. The summed E-state index contributed by atoms with van der Waals surface area (Å²) in [6.07, 6.45) is -10.2. The normalized spacial score (nSPS) is 17.0. The van der Waals surface area contributed by atoms with E-state index < -0.39 is 59.0 Å². The predicted octanol–water partition coefficient (Wildman–Crippen LogP) is 8.19. The number of alkyl halides is 6. The molecule has 0 aliphatic carbocycles. The zero-order valence-corrected chi connectivity index (χ0v) is 29.5. The first-order valence-corrected chi connectivity index (χ1v) is 16.9. The molecule has 54 heavy (non-hydrogen) atoms. The second-order valence-electron chi connectivity index (χ2n) is 13.3. The van der Waals surface area contributed by atoms with E-state index in [-0.39, 0.29) is 48.2 Å². The van der Waals surface area contributed by atoms with Crippen molar-refractivity contribution < 1.29 is 54.9 Å². The lowest BCUT2D eigenvalue weighted by molar-refractivity contribution is -0.139. The number of amides is 2. The zero-order valence-electron chi connectivity index (χ0n) is 29.5. The van der Waals surface area contributed by atoms with Gasteiger partial charge in [-0.1, -0.05) is 37.3 Å². The van der Waals surface area contributed by atoms with Gasteiger partial charge in [-0.05, 0) is 79.7 Å². The number of nitrogens with zero attached hydrogens (tertiary/aromatic N) is 2. The van der Waals surface area contributed by atoms with Gasteiger partial charge in [0.05, 0.1) is 35.9 Å². The quantitative estimate of drug-likeness (QED) is 0.150. The summed E-state index contributed by atoms with van der Waals surface area (Å²) in [5, 5.41) is 12.7. The highest BCUT2D eigenvalue weighted by Gasteiger charge is 2.36. The van der Waals surface area contributed by atoms with Crippen molar-refractivity contribution in [2.75, 3.05) is 32.1 Å². The summed E-state index contributed by atoms with van der Waals surface area (Å²) in [6, 6.07) is 16.8. The zero-order chi connectivity index (χ0) is 39.4. The summed E-state index contributed by atoms with van der Waals surface area (Å²) in [4.78, 5) is 30.4. The topological polar surface area (TPSA) is 91.3 Å². The van der Waals surface area contributed by atoms with Gasteiger partial charge >= 0.3 is 12.4 Å². The van der Waals surface area contributed by atoms with Gasteiger partial charge in [-0.15, -0.1) is 0 Å². The smallest absolute Gasteiger partial charge is 0.420 e. The van der Waals surface area contributed by atoms with Crippen molar-refractivity contribution in [2.45, 2.75) is 51.3 Å². The van der Waals surface area contributed by atoms with E-state index >= 15 is 0 Å². The first-order valence-electron chi connectivity index (χ1n) is 16.9. The van der Waals surface area contributed by atoms with E-state index in [0.29, 0.717) is 24.7 Å². The standard InChI is InChI=1S/C39H38F7N3O5/c1-23-19-49(24(2)22-50)37(52)30-5-4-6-32(47-35(51)17-25-7-11-27(12-8-25)38(41,42)43)36(30)54-34(23)21-48(3)20-26-9-14-29(15-10-26)53-33-16-13-28(40)18-31(33)39(44,45)46/h4-16,18,23-24,34,50H,17,19-22H2,1-3H3,(H,47,51)/t23-,24+,34-/m1/s1. The van der Waals surface area contributed by atoms with Gasteiger partial charge in [-0.2, -0.15) is 26.3 Å². The van der Waals surface area contributed by atoms with Crippen LogP contribution in [0.3, 0.4) is 0 Å². The molecule has 1 heterocycles. The van der Waals surface area contributed by atoms with Crippen LogP contribution in [0, 0.1) is 11.7 Å². The minimum atomic E-state index is -4.82. The Hall–Kier alpha value is -5.15. The highest BCUT2D eigenvalue weighted by Crippen LogP contribution is 2.39. The molecule has 0 spiro atoms. The molecule has 0 radical (unpaired) electrons. The fraction of sp³-hybridized carbons (Fsp3) is 0.333. The number of para-hydroxylation sites is 1. The minimum absolute atomic E-state index is 0.101. The Morgan fingerprint density at radius 3 is 2.28 bits per heavy atom. The van der Waals surface area contributed by atoms with Crippen molar-refractivity contribution in [1.29, 1.82) is 0 Å². The number of hydrogen-bond acceptors (Lipinski definition) is 6. The molecule has 288 valence electrons. The molecule has 0 unspecified atom stereocenters. The number of halogens is 7. The Balaban J connectivity index is 1.33. The number of rotatable bonds is 11. The average Bonchev–Trinajstić information content (AvgIpc) is 3.10. The number of nitrogens with one attached hydrogen (secondary N) is 1. The van der Waals surface area contributed by atoms with Crippen molar-refractivity contribution in [3.05, 3.63) is 119 Å². The number of aliphatic hydroxyl groups is 1. The number of aliphatic hydroxyl groups excluding tert-OH is 1. The number of anilines is 1. The first kappa shape index (κ1) is 40.0. The predicted molar refractivity (Wildman–Crippen MR) is 186 cm³/mol. The number of hydrogen-bond donors (Lipinski definition) is 2. The van der Waals surface area contributed by atoms with E-state index in [4.69, 9.17) is 9.47 Å². The third-order valence-electron chi connectivity index (χ3n) is 8.95. The minimum Gasteiger partial charge on any atom is -0.486 e. The van der Waals surface area contributed by atoms with Crippen LogP contribution in [-0.4, -0.2) is 65.6 Å². The summed E-state index contributed by atoms with van der Waals surface area (Å²) < 4.78 is 105. The van der Waals surface area contributed by atoms with Gasteiger partial charge in [0.15, 0.2) is 5.75 Å². The van der Waals surface area contributed by atoms with Crippen LogP contribution in [0.15, 0.2) is 84.9 Å². The molecule has 0 fully saturated rings. The molecule has 0 saturated heterocycles. The molecule has 2 N–H and O–H groups in total. The van der Waals surface area contributed by atoms with Crippen molar-refractivity contribution in [3.8, 4) is 17.2 Å². The third kappa shape index (κ3) is 9.88. The fourth-order valence-corrected chi connectivity index (χ4v) is 6.04. The van der Waals surface area contributed by atoms with Crippen LogP contribution in [0.1, 0.15) is 46.5 Å². The summed E-state index contributed by atoms with van der Waals surface area (Å²) in [6.45, 7) is 4.20. The van der Waals surface area contributed by atoms with E-state index in [1.807, 2.05) is 18.9 Å². The van der Waals surface area contributed by atoms with Crippen molar-refractivity contribution in [2.24, 2.45) is 5.92 Å². The van der Waals surface area contributed by atoms with Crippen LogP contribution >= 0.6 is 0 Å². The van der Waals surface area contributed by atoms with Crippen molar-refractivity contribution in [1.82, 2.24) is 9.80 Å². The lowest BCUT2D eigenvalue weighted by Crippen LogP contribution is -2.49. The molecular weight excluding hydrogens is 723 g/mol. The molecule has 3 atom stereocenters. The van der Waals surface area contributed by atoms with Crippen molar-refractivity contribution >= 4 is 17.5 Å². The summed E-state index contributed by atoms with van der Waals surface area (Å²) in [7, 11) is 1.82. The molecule has 4 aromatic carbocycles. The maximum Gasteiger partial charge on any atom is 0.420 e. The molecule has 2 amide bonds. The molecule has 4 aromatic rings. The summed E-state index contributed by atoms with van der Waals surface area (Å²) >= 11 is 0. The van der Waals surface area contributed by atoms with Crippen molar-refractivity contribution in [3.63, 3.8) is 0 Å². The van der Waals surface area contributed by atoms with Gasteiger partial charge < -0.3 is 24.8 Å². The molecule has 0 saturated carbocycles. The van der Waals surface area contributed by atoms with Crippen LogP contribution in [0.5, 0.6) is 17.2 Å². The Morgan fingerprint density at radius 2 is 1.65 bits per heavy atom.